The molecule has 1 amide bonds. The summed E-state index contributed by atoms with van der Waals surface area (Å²) in [5.41, 5.74) is 7.51. The van der Waals surface area contributed by atoms with Crippen molar-refractivity contribution in [2.24, 2.45) is 5.92 Å². The summed E-state index contributed by atoms with van der Waals surface area (Å²) >= 11 is 0. The van der Waals surface area contributed by atoms with Gasteiger partial charge in [-0.3, -0.25) is 9.52 Å². The molecule has 1 aliphatic carbocycles. The quantitative estimate of drug-likeness (QED) is 0.792. The fourth-order valence-corrected chi connectivity index (χ4v) is 6.12. The zero-order valence-electron chi connectivity index (χ0n) is 18.4. The van der Waals surface area contributed by atoms with Crippen LogP contribution in [0.1, 0.15) is 51.8 Å². The van der Waals surface area contributed by atoms with Crippen molar-refractivity contribution in [3.63, 3.8) is 0 Å². The third-order valence-electron chi connectivity index (χ3n) is 6.91. The van der Waals surface area contributed by atoms with Crippen LogP contribution in [0.2, 0.25) is 0 Å². The number of sulfonamides is 1. The maximum Gasteiger partial charge on any atom is 0.262 e. The van der Waals surface area contributed by atoms with Crippen molar-refractivity contribution in [2.45, 2.75) is 65.3 Å². The Hall–Kier alpha value is -2.34. The summed E-state index contributed by atoms with van der Waals surface area (Å²) in [6, 6.07) is 5.70. The largest absolute Gasteiger partial charge is 0.338 e. The summed E-state index contributed by atoms with van der Waals surface area (Å²) < 4.78 is 29.4. The predicted octanol–water partition coefficient (Wildman–Crippen LogP) is 4.32. The van der Waals surface area contributed by atoms with Crippen molar-refractivity contribution in [3.05, 3.63) is 57.1 Å². The first-order chi connectivity index (χ1) is 14.1. The Labute approximate surface area is 179 Å². The molecule has 6 heteroatoms. The van der Waals surface area contributed by atoms with Crippen LogP contribution in [0, 0.1) is 40.5 Å². The Balaban J connectivity index is 1.64. The van der Waals surface area contributed by atoms with E-state index in [1.54, 1.807) is 0 Å². The minimum atomic E-state index is -3.73. The van der Waals surface area contributed by atoms with Gasteiger partial charge in [0.15, 0.2) is 0 Å². The zero-order chi connectivity index (χ0) is 21.8. The Morgan fingerprint density at radius 3 is 2.13 bits per heavy atom. The molecule has 1 fully saturated rings. The Morgan fingerprint density at radius 2 is 1.53 bits per heavy atom. The molecule has 2 aromatic rings. The molecule has 160 valence electrons. The molecular formula is C24H30N2O3S. The number of nitrogens with one attached hydrogen (secondary N) is 1. The molecule has 1 N–H and O–H groups in total. The van der Waals surface area contributed by atoms with E-state index in [1.165, 1.54) is 5.56 Å². The predicted molar refractivity (Wildman–Crippen MR) is 119 cm³/mol. The molecule has 0 atom stereocenters. The average Bonchev–Trinajstić information content (AvgIpc) is 3.54. The molecule has 0 aromatic heterocycles. The van der Waals surface area contributed by atoms with E-state index in [1.807, 2.05) is 57.7 Å². The summed E-state index contributed by atoms with van der Waals surface area (Å²) in [5.74, 6) is 0.440. The highest BCUT2D eigenvalue weighted by Crippen LogP contribution is 2.34. The molecule has 4 rings (SSSR count). The minimum Gasteiger partial charge on any atom is -0.338 e. The van der Waals surface area contributed by atoms with Crippen LogP contribution in [0.4, 0.5) is 5.69 Å². The van der Waals surface area contributed by atoms with Crippen LogP contribution in [-0.4, -0.2) is 25.8 Å². The smallest absolute Gasteiger partial charge is 0.262 e. The van der Waals surface area contributed by atoms with Gasteiger partial charge in [0, 0.05) is 24.7 Å². The number of hydrogen-bond donors (Lipinski definition) is 1. The maximum atomic E-state index is 13.3. The summed E-state index contributed by atoms with van der Waals surface area (Å²) in [6.45, 7) is 11.0. The van der Waals surface area contributed by atoms with Crippen molar-refractivity contribution < 1.29 is 13.2 Å². The van der Waals surface area contributed by atoms with Gasteiger partial charge in [0.1, 0.15) is 0 Å². The summed E-state index contributed by atoms with van der Waals surface area (Å²) in [4.78, 5) is 14.7. The van der Waals surface area contributed by atoms with Crippen LogP contribution < -0.4 is 4.72 Å². The van der Waals surface area contributed by atoms with E-state index in [2.05, 4.69) is 4.72 Å². The van der Waals surface area contributed by atoms with Crippen LogP contribution in [0.25, 0.3) is 0 Å². The third kappa shape index (κ3) is 3.62. The monoisotopic (exact) mass is 426 g/mol. The van der Waals surface area contributed by atoms with Crippen molar-refractivity contribution in [1.29, 1.82) is 0 Å². The van der Waals surface area contributed by atoms with Gasteiger partial charge in [-0.05, 0) is 105 Å². The lowest BCUT2D eigenvalue weighted by Crippen LogP contribution is -2.36. The second-order valence-electron chi connectivity index (χ2n) is 8.83. The van der Waals surface area contributed by atoms with Crippen LogP contribution >= 0.6 is 0 Å². The summed E-state index contributed by atoms with van der Waals surface area (Å²) in [7, 11) is -3.73. The van der Waals surface area contributed by atoms with Gasteiger partial charge in [-0.1, -0.05) is 6.07 Å². The lowest BCUT2D eigenvalue weighted by molar-refractivity contribution is -0.133. The topological polar surface area (TPSA) is 66.5 Å². The van der Waals surface area contributed by atoms with E-state index in [0.29, 0.717) is 17.1 Å². The Kier molecular flexibility index (Phi) is 5.17. The number of fused-ring (bicyclic) bond motifs is 1. The van der Waals surface area contributed by atoms with E-state index in [-0.39, 0.29) is 11.8 Å². The van der Waals surface area contributed by atoms with Crippen LogP contribution in [-0.2, 0) is 27.8 Å². The van der Waals surface area contributed by atoms with Crippen LogP contribution in [0.3, 0.4) is 0 Å². The van der Waals surface area contributed by atoms with Crippen molar-refractivity contribution in [2.75, 3.05) is 11.3 Å². The van der Waals surface area contributed by atoms with E-state index in [0.717, 1.165) is 59.2 Å². The normalized spacial score (nSPS) is 16.4. The molecule has 2 aliphatic rings. The standard InChI is InChI=1S/C24H30N2O3S/c1-14-15(2)17(4)23(18(5)16(14)3)30(28,29)25-22-9-8-19-10-11-26(13-21(19)12-22)24(27)20-6-7-20/h8-9,12,20,25H,6-7,10-11,13H2,1-5H3. The first kappa shape index (κ1) is 20.9. The molecule has 5 nitrogen and oxygen atoms in total. The molecule has 0 radical (unpaired) electrons. The van der Waals surface area contributed by atoms with Crippen molar-refractivity contribution >= 4 is 21.6 Å². The van der Waals surface area contributed by atoms with Crippen LogP contribution in [0.15, 0.2) is 23.1 Å². The Morgan fingerprint density at radius 1 is 0.933 bits per heavy atom. The SMILES string of the molecule is Cc1c(C)c(C)c(S(=O)(=O)Nc2ccc3c(c2)CN(C(=O)C2CC2)CC3)c(C)c1C. The molecule has 1 aliphatic heterocycles. The van der Waals surface area contributed by atoms with Gasteiger partial charge in [0.2, 0.25) is 5.91 Å². The lowest BCUT2D eigenvalue weighted by Gasteiger charge is -2.29. The number of benzene rings is 2. The zero-order valence-corrected chi connectivity index (χ0v) is 19.2. The Bertz CT molecular complexity index is 1120. The van der Waals surface area contributed by atoms with Gasteiger partial charge in [-0.15, -0.1) is 0 Å². The second kappa shape index (κ2) is 7.41. The average molecular weight is 427 g/mol. The van der Waals surface area contributed by atoms with Gasteiger partial charge in [-0.25, -0.2) is 8.42 Å². The highest BCUT2D eigenvalue weighted by atomic mass is 32.2. The highest BCUT2D eigenvalue weighted by Gasteiger charge is 2.34. The number of rotatable bonds is 4. The van der Waals surface area contributed by atoms with Gasteiger partial charge in [0.25, 0.3) is 10.0 Å². The number of anilines is 1. The maximum absolute atomic E-state index is 13.3. The number of amides is 1. The molecule has 0 bridgehead atoms. The highest BCUT2D eigenvalue weighted by molar-refractivity contribution is 7.92. The molecule has 1 heterocycles. The minimum absolute atomic E-state index is 0.201. The lowest BCUT2D eigenvalue weighted by atomic mass is 9.95. The van der Waals surface area contributed by atoms with Crippen molar-refractivity contribution in [3.8, 4) is 0 Å². The fraction of sp³-hybridized carbons (Fsp3) is 0.458. The van der Waals surface area contributed by atoms with Gasteiger partial charge < -0.3 is 4.90 Å². The second-order valence-corrected chi connectivity index (χ2v) is 10.4. The van der Waals surface area contributed by atoms with E-state index in [4.69, 9.17) is 0 Å². The summed E-state index contributed by atoms with van der Waals surface area (Å²) in [5, 5.41) is 0. The molecule has 1 saturated carbocycles. The van der Waals surface area contributed by atoms with Crippen LogP contribution in [0.5, 0.6) is 0 Å². The fourth-order valence-electron chi connectivity index (χ4n) is 4.47. The first-order valence-corrected chi connectivity index (χ1v) is 12.1. The number of nitrogens with zero attached hydrogens (tertiary/aromatic N) is 1. The molecular weight excluding hydrogens is 396 g/mol. The van der Waals surface area contributed by atoms with E-state index in [9.17, 15) is 13.2 Å². The van der Waals surface area contributed by atoms with Gasteiger partial charge >= 0.3 is 0 Å². The molecule has 0 saturated heterocycles. The first-order valence-electron chi connectivity index (χ1n) is 10.6. The number of carbonyl (C=O) groups excluding carboxylic acids is 1. The molecule has 0 spiro atoms. The van der Waals surface area contributed by atoms with Crippen molar-refractivity contribution in [1.82, 2.24) is 4.90 Å². The number of carbonyl (C=O) groups is 1. The number of hydrogen-bond acceptors (Lipinski definition) is 3. The molecule has 30 heavy (non-hydrogen) atoms. The van der Waals surface area contributed by atoms with Gasteiger partial charge in [-0.2, -0.15) is 0 Å². The van der Waals surface area contributed by atoms with Gasteiger partial charge in [0.05, 0.1) is 4.90 Å². The van der Waals surface area contributed by atoms with E-state index >= 15 is 0 Å². The third-order valence-corrected chi connectivity index (χ3v) is 8.56. The van der Waals surface area contributed by atoms with E-state index < -0.39 is 10.0 Å². The molecule has 2 aromatic carbocycles. The molecule has 0 unspecified atom stereocenters. The summed E-state index contributed by atoms with van der Waals surface area (Å²) in [6.07, 6.45) is 2.81.